The summed E-state index contributed by atoms with van der Waals surface area (Å²) in [7, 11) is 0. The third kappa shape index (κ3) is 4.85. The first-order valence-electron chi connectivity index (χ1n) is 5.57. The van der Waals surface area contributed by atoms with Crippen LogP contribution in [0.1, 0.15) is 47.0 Å². The third-order valence-corrected chi connectivity index (χ3v) is 3.22. The maximum atomic E-state index is 11.7. The second-order valence-corrected chi connectivity index (χ2v) is 3.97. The number of halogens is 1. The zero-order chi connectivity index (χ0) is 11.2. The van der Waals surface area contributed by atoms with Crippen LogP contribution in [0.15, 0.2) is 0 Å². The molecule has 0 radical (unpaired) electrons. The molecule has 3 nitrogen and oxygen atoms in total. The van der Waals surface area contributed by atoms with E-state index >= 15 is 0 Å². The number of amides is 1. The lowest BCUT2D eigenvalue weighted by atomic mass is 9.89. The van der Waals surface area contributed by atoms with E-state index < -0.39 is 0 Å². The molecule has 0 aliphatic carbocycles. The molecule has 15 heavy (non-hydrogen) atoms. The Morgan fingerprint density at radius 1 is 1.27 bits per heavy atom. The van der Waals surface area contributed by atoms with Crippen LogP contribution < -0.4 is 11.1 Å². The average molecular weight is 237 g/mol. The Bertz CT molecular complexity index is 173. The third-order valence-electron chi connectivity index (χ3n) is 3.22. The Kier molecular flexibility index (Phi) is 9.07. The van der Waals surface area contributed by atoms with E-state index in [0.29, 0.717) is 6.54 Å². The van der Waals surface area contributed by atoms with Gasteiger partial charge in [-0.2, -0.15) is 0 Å². The molecule has 0 aromatic carbocycles. The topological polar surface area (TPSA) is 55.1 Å². The molecule has 0 saturated heterocycles. The molecule has 0 fully saturated rings. The lowest BCUT2D eigenvalue weighted by Crippen LogP contribution is -2.49. The second-order valence-electron chi connectivity index (χ2n) is 3.97. The van der Waals surface area contributed by atoms with Crippen molar-refractivity contribution >= 4 is 18.3 Å². The van der Waals surface area contributed by atoms with Gasteiger partial charge in [0.25, 0.3) is 0 Å². The molecule has 0 spiro atoms. The van der Waals surface area contributed by atoms with Gasteiger partial charge in [0, 0.05) is 18.0 Å². The first-order chi connectivity index (χ1) is 6.55. The van der Waals surface area contributed by atoms with Crippen LogP contribution in [0, 0.1) is 5.92 Å². The highest BCUT2D eigenvalue weighted by Crippen LogP contribution is 2.19. The van der Waals surface area contributed by atoms with Gasteiger partial charge in [-0.25, -0.2) is 0 Å². The zero-order valence-electron chi connectivity index (χ0n) is 10.3. The Labute approximate surface area is 99.6 Å². The van der Waals surface area contributed by atoms with Gasteiger partial charge in [0.1, 0.15) is 0 Å². The highest BCUT2D eigenvalue weighted by Gasteiger charge is 2.27. The summed E-state index contributed by atoms with van der Waals surface area (Å²) in [6.45, 7) is 8.61. The average Bonchev–Trinajstić information content (AvgIpc) is 2.24. The highest BCUT2D eigenvalue weighted by molar-refractivity contribution is 5.85. The predicted octanol–water partition coefficient (Wildman–Crippen LogP) is 2.09. The summed E-state index contributed by atoms with van der Waals surface area (Å²) in [6, 6.07) is 0. The van der Waals surface area contributed by atoms with Gasteiger partial charge in [0.05, 0.1) is 0 Å². The van der Waals surface area contributed by atoms with E-state index in [0.717, 1.165) is 19.3 Å². The van der Waals surface area contributed by atoms with Crippen molar-refractivity contribution in [2.45, 2.75) is 52.5 Å². The van der Waals surface area contributed by atoms with Crippen LogP contribution >= 0.6 is 12.4 Å². The summed E-state index contributed by atoms with van der Waals surface area (Å²) in [5, 5.41) is 3.11. The molecule has 1 atom stereocenters. The molecule has 0 aliphatic heterocycles. The van der Waals surface area contributed by atoms with E-state index in [2.05, 4.69) is 26.1 Å². The monoisotopic (exact) mass is 236 g/mol. The van der Waals surface area contributed by atoms with Gasteiger partial charge in [-0.1, -0.05) is 27.7 Å². The number of hydrogen-bond acceptors (Lipinski definition) is 2. The molecule has 0 aliphatic rings. The van der Waals surface area contributed by atoms with E-state index in [-0.39, 0.29) is 29.8 Å². The summed E-state index contributed by atoms with van der Waals surface area (Å²) >= 11 is 0. The van der Waals surface area contributed by atoms with Crippen molar-refractivity contribution in [3.63, 3.8) is 0 Å². The van der Waals surface area contributed by atoms with Crippen molar-refractivity contribution in [2.24, 2.45) is 11.7 Å². The van der Waals surface area contributed by atoms with E-state index in [1.807, 2.05) is 6.92 Å². The van der Waals surface area contributed by atoms with Crippen molar-refractivity contribution in [3.05, 3.63) is 0 Å². The van der Waals surface area contributed by atoms with Crippen LogP contribution in [-0.2, 0) is 4.79 Å². The van der Waals surface area contributed by atoms with Crippen LogP contribution in [0.2, 0.25) is 0 Å². The molecule has 0 rings (SSSR count). The quantitative estimate of drug-likeness (QED) is 0.742. The summed E-state index contributed by atoms with van der Waals surface area (Å²) < 4.78 is 0. The molecule has 0 saturated carbocycles. The molecule has 92 valence electrons. The summed E-state index contributed by atoms with van der Waals surface area (Å²) in [6.07, 6.45) is 2.93. The van der Waals surface area contributed by atoms with Crippen molar-refractivity contribution in [1.29, 1.82) is 0 Å². The Morgan fingerprint density at radius 2 is 1.67 bits per heavy atom. The van der Waals surface area contributed by atoms with E-state index in [1.54, 1.807) is 0 Å². The largest absolute Gasteiger partial charge is 0.350 e. The maximum Gasteiger partial charge on any atom is 0.224 e. The second kappa shape index (κ2) is 7.94. The highest BCUT2D eigenvalue weighted by atomic mass is 35.5. The van der Waals surface area contributed by atoms with Crippen molar-refractivity contribution in [2.75, 3.05) is 6.54 Å². The van der Waals surface area contributed by atoms with Gasteiger partial charge in [0.15, 0.2) is 0 Å². The minimum Gasteiger partial charge on any atom is -0.350 e. The van der Waals surface area contributed by atoms with Gasteiger partial charge in [-0.05, 0) is 19.3 Å². The Balaban J connectivity index is 0. The SMILES string of the molecule is CCC(CC)(CC)NC(=O)C(C)CN.Cl. The first kappa shape index (κ1) is 17.1. The van der Waals surface area contributed by atoms with Crippen LogP contribution in [0.5, 0.6) is 0 Å². The zero-order valence-corrected chi connectivity index (χ0v) is 11.1. The number of nitrogens with two attached hydrogens (primary N) is 1. The maximum absolute atomic E-state index is 11.7. The van der Waals surface area contributed by atoms with Crippen LogP contribution in [0.3, 0.4) is 0 Å². The first-order valence-corrected chi connectivity index (χ1v) is 5.57. The Morgan fingerprint density at radius 3 is 1.93 bits per heavy atom. The van der Waals surface area contributed by atoms with Gasteiger partial charge in [-0.3, -0.25) is 4.79 Å². The standard InChI is InChI=1S/C11H24N2O.ClH/c1-5-11(6-2,7-3)13-10(14)9(4)8-12;/h9H,5-8,12H2,1-4H3,(H,13,14);1H. The van der Waals surface area contributed by atoms with E-state index in [4.69, 9.17) is 5.73 Å². The molecule has 1 amide bonds. The van der Waals surface area contributed by atoms with Crippen molar-refractivity contribution in [3.8, 4) is 0 Å². The van der Waals surface area contributed by atoms with Crippen LogP contribution in [0.25, 0.3) is 0 Å². The minimum absolute atomic E-state index is 0. The van der Waals surface area contributed by atoms with Crippen molar-refractivity contribution in [1.82, 2.24) is 5.32 Å². The molecule has 1 unspecified atom stereocenters. The molecule has 4 heteroatoms. The fourth-order valence-corrected chi connectivity index (χ4v) is 1.51. The summed E-state index contributed by atoms with van der Waals surface area (Å²) in [5.74, 6) is -0.00271. The van der Waals surface area contributed by atoms with Crippen LogP contribution in [0.4, 0.5) is 0 Å². The molecule has 0 bridgehead atoms. The van der Waals surface area contributed by atoms with Gasteiger partial charge < -0.3 is 11.1 Å². The van der Waals surface area contributed by atoms with Crippen LogP contribution in [-0.4, -0.2) is 18.0 Å². The molecule has 0 heterocycles. The van der Waals surface area contributed by atoms with Gasteiger partial charge >= 0.3 is 0 Å². The van der Waals surface area contributed by atoms with Gasteiger partial charge in [-0.15, -0.1) is 12.4 Å². The number of hydrogen-bond donors (Lipinski definition) is 2. The Hall–Kier alpha value is -0.280. The van der Waals surface area contributed by atoms with E-state index in [1.165, 1.54) is 0 Å². The lowest BCUT2D eigenvalue weighted by Gasteiger charge is -2.32. The van der Waals surface area contributed by atoms with Gasteiger partial charge in [0.2, 0.25) is 5.91 Å². The number of nitrogens with one attached hydrogen (secondary N) is 1. The minimum atomic E-state index is -0.0842. The molecular weight excluding hydrogens is 212 g/mol. The fourth-order valence-electron chi connectivity index (χ4n) is 1.51. The predicted molar refractivity (Wildman–Crippen MR) is 67.2 cm³/mol. The number of carbonyl (C=O) groups is 1. The molecule has 0 aromatic heterocycles. The normalized spacial score (nSPS) is 12.9. The lowest BCUT2D eigenvalue weighted by molar-refractivity contribution is -0.126. The van der Waals surface area contributed by atoms with Crippen molar-refractivity contribution < 1.29 is 4.79 Å². The van der Waals surface area contributed by atoms with E-state index in [9.17, 15) is 4.79 Å². The smallest absolute Gasteiger partial charge is 0.224 e. The molecule has 0 aromatic rings. The molecular formula is C11H25ClN2O. The number of carbonyl (C=O) groups excluding carboxylic acids is 1. The summed E-state index contributed by atoms with van der Waals surface area (Å²) in [5.41, 5.74) is 5.43. The fraction of sp³-hybridized carbons (Fsp3) is 0.909. The molecule has 3 N–H and O–H groups in total. The number of rotatable bonds is 6. The summed E-state index contributed by atoms with van der Waals surface area (Å²) in [4.78, 5) is 11.7.